The van der Waals surface area contributed by atoms with Crippen molar-refractivity contribution in [3.8, 4) is 0 Å². The Morgan fingerprint density at radius 1 is 1.24 bits per heavy atom. The number of hydrogen-bond donors (Lipinski definition) is 2. The highest BCUT2D eigenvalue weighted by atomic mass is 16.2. The Balaban J connectivity index is 1.25. The molecule has 1 aliphatic heterocycles. The highest BCUT2D eigenvalue weighted by molar-refractivity contribution is 5.93. The fourth-order valence-electron chi connectivity index (χ4n) is 6.60. The Labute approximate surface area is 196 Å². The zero-order valence-corrected chi connectivity index (χ0v) is 19.9. The van der Waals surface area contributed by atoms with Crippen LogP contribution in [0.5, 0.6) is 0 Å². The van der Waals surface area contributed by atoms with Crippen LogP contribution in [0.2, 0.25) is 0 Å². The SMILES string of the molecule is CC1(C)[C@@H]2CC[C@@H](CNC(=O)c3cccc4nc(CC(=O)N5CCCC(CN)C5)cn34)[C@H]1C2. The number of nitrogens with two attached hydrogens (primary N) is 1. The molecule has 1 unspecified atom stereocenters. The van der Waals surface area contributed by atoms with E-state index in [1.807, 2.05) is 33.7 Å². The van der Waals surface area contributed by atoms with Crippen molar-refractivity contribution in [1.82, 2.24) is 19.6 Å². The van der Waals surface area contributed by atoms with Gasteiger partial charge < -0.3 is 16.0 Å². The van der Waals surface area contributed by atoms with Crippen molar-refractivity contribution in [3.05, 3.63) is 35.8 Å². The maximum absolute atomic E-state index is 13.1. The fourth-order valence-corrected chi connectivity index (χ4v) is 6.60. The Morgan fingerprint density at radius 3 is 2.85 bits per heavy atom. The highest BCUT2D eigenvalue weighted by Crippen LogP contribution is 2.61. The molecule has 1 saturated heterocycles. The largest absolute Gasteiger partial charge is 0.350 e. The number of aromatic nitrogens is 2. The quantitative estimate of drug-likeness (QED) is 0.706. The summed E-state index contributed by atoms with van der Waals surface area (Å²) in [5, 5.41) is 3.19. The van der Waals surface area contributed by atoms with Gasteiger partial charge in [-0.15, -0.1) is 0 Å². The molecule has 3 N–H and O–H groups in total. The number of amides is 2. The normalized spacial score (nSPS) is 28.4. The summed E-state index contributed by atoms with van der Waals surface area (Å²) in [7, 11) is 0. The van der Waals surface area contributed by atoms with Gasteiger partial charge in [0.15, 0.2) is 0 Å². The second-order valence-electron chi connectivity index (χ2n) is 11.0. The number of nitrogens with one attached hydrogen (secondary N) is 1. The predicted molar refractivity (Wildman–Crippen MR) is 128 cm³/mol. The molecule has 3 aliphatic carbocycles. The van der Waals surface area contributed by atoms with Crippen molar-refractivity contribution in [2.45, 2.75) is 52.4 Å². The predicted octanol–water partition coefficient (Wildman–Crippen LogP) is 2.88. The lowest BCUT2D eigenvalue weighted by Crippen LogP contribution is -2.54. The van der Waals surface area contributed by atoms with Crippen molar-refractivity contribution < 1.29 is 9.59 Å². The van der Waals surface area contributed by atoms with Gasteiger partial charge in [-0.2, -0.15) is 0 Å². The number of imidazole rings is 1. The van der Waals surface area contributed by atoms with E-state index in [0.29, 0.717) is 46.7 Å². The molecule has 4 fully saturated rings. The minimum absolute atomic E-state index is 0.0723. The van der Waals surface area contributed by atoms with E-state index in [1.165, 1.54) is 19.3 Å². The van der Waals surface area contributed by atoms with Crippen LogP contribution in [0.15, 0.2) is 24.4 Å². The first kappa shape index (κ1) is 22.4. The molecule has 2 aromatic heterocycles. The second-order valence-corrected chi connectivity index (χ2v) is 11.0. The summed E-state index contributed by atoms with van der Waals surface area (Å²) in [5.74, 6) is 2.54. The van der Waals surface area contributed by atoms with Gasteiger partial charge >= 0.3 is 0 Å². The summed E-state index contributed by atoms with van der Waals surface area (Å²) in [6, 6.07) is 5.57. The molecular weight excluding hydrogens is 414 g/mol. The molecule has 0 spiro atoms. The molecule has 6 rings (SSSR count). The lowest BCUT2D eigenvalue weighted by atomic mass is 9.45. The number of nitrogens with zero attached hydrogens (tertiary/aromatic N) is 3. The summed E-state index contributed by atoms with van der Waals surface area (Å²) in [6.45, 7) is 7.64. The second kappa shape index (κ2) is 8.75. The van der Waals surface area contributed by atoms with Gasteiger partial charge in [0.1, 0.15) is 11.3 Å². The van der Waals surface area contributed by atoms with E-state index < -0.39 is 0 Å². The summed E-state index contributed by atoms with van der Waals surface area (Å²) < 4.78 is 1.82. The van der Waals surface area contributed by atoms with Crippen LogP contribution >= 0.6 is 0 Å². The van der Waals surface area contributed by atoms with Gasteiger partial charge in [-0.25, -0.2) is 4.98 Å². The van der Waals surface area contributed by atoms with Crippen LogP contribution in [-0.4, -0.2) is 52.3 Å². The maximum Gasteiger partial charge on any atom is 0.268 e. The van der Waals surface area contributed by atoms with Crippen LogP contribution in [-0.2, 0) is 11.2 Å². The average molecular weight is 452 g/mol. The number of fused-ring (bicyclic) bond motifs is 3. The molecule has 4 aliphatic rings. The van der Waals surface area contributed by atoms with Gasteiger partial charge in [0, 0.05) is 25.8 Å². The number of hydrogen-bond acceptors (Lipinski definition) is 4. The van der Waals surface area contributed by atoms with E-state index in [-0.39, 0.29) is 18.2 Å². The molecule has 2 bridgehead atoms. The number of carbonyl (C=O) groups excluding carboxylic acids is 2. The third-order valence-corrected chi connectivity index (χ3v) is 8.84. The number of pyridine rings is 1. The molecule has 7 nitrogen and oxygen atoms in total. The molecule has 7 heteroatoms. The molecule has 3 saturated carbocycles. The fraction of sp³-hybridized carbons (Fsp3) is 0.654. The Kier molecular flexibility index (Phi) is 5.93. The zero-order chi connectivity index (χ0) is 23.2. The summed E-state index contributed by atoms with van der Waals surface area (Å²) >= 11 is 0. The Hall–Kier alpha value is -2.41. The zero-order valence-electron chi connectivity index (χ0n) is 19.9. The lowest BCUT2D eigenvalue weighted by Gasteiger charge is -2.60. The number of rotatable bonds is 6. The van der Waals surface area contributed by atoms with E-state index in [4.69, 9.17) is 5.73 Å². The van der Waals surface area contributed by atoms with Crippen LogP contribution in [0.1, 0.15) is 62.1 Å². The summed E-state index contributed by atoms with van der Waals surface area (Å²) in [5.41, 5.74) is 8.20. The average Bonchev–Trinajstić information content (AvgIpc) is 3.24. The third-order valence-electron chi connectivity index (χ3n) is 8.84. The van der Waals surface area contributed by atoms with Gasteiger partial charge in [0.05, 0.1) is 12.1 Å². The van der Waals surface area contributed by atoms with Crippen LogP contribution < -0.4 is 11.1 Å². The Morgan fingerprint density at radius 2 is 2.09 bits per heavy atom. The first-order valence-electron chi connectivity index (χ1n) is 12.6. The van der Waals surface area contributed by atoms with Gasteiger partial charge in [-0.05, 0) is 79.9 Å². The van der Waals surface area contributed by atoms with Crippen molar-refractivity contribution >= 4 is 17.5 Å². The molecule has 0 radical (unpaired) electrons. The molecule has 2 amide bonds. The van der Waals surface area contributed by atoms with Crippen molar-refractivity contribution in [2.24, 2.45) is 34.8 Å². The first-order valence-corrected chi connectivity index (χ1v) is 12.6. The number of likely N-dealkylation sites (tertiary alicyclic amines) is 1. The van der Waals surface area contributed by atoms with Gasteiger partial charge in [0.25, 0.3) is 5.91 Å². The minimum Gasteiger partial charge on any atom is -0.350 e. The minimum atomic E-state index is -0.0723. The van der Waals surface area contributed by atoms with Crippen molar-refractivity contribution in [3.63, 3.8) is 0 Å². The number of carbonyl (C=O) groups is 2. The van der Waals surface area contributed by atoms with Crippen LogP contribution in [0.3, 0.4) is 0 Å². The molecule has 3 heterocycles. The van der Waals surface area contributed by atoms with E-state index in [1.54, 1.807) is 0 Å². The molecule has 4 atom stereocenters. The monoisotopic (exact) mass is 451 g/mol. The first-order chi connectivity index (χ1) is 15.9. The molecule has 178 valence electrons. The highest BCUT2D eigenvalue weighted by Gasteiger charge is 2.53. The summed E-state index contributed by atoms with van der Waals surface area (Å²) in [4.78, 5) is 32.5. The van der Waals surface area contributed by atoms with Crippen LogP contribution in [0, 0.1) is 29.1 Å². The topological polar surface area (TPSA) is 92.7 Å². The number of piperidine rings is 1. The van der Waals surface area contributed by atoms with E-state index in [0.717, 1.165) is 38.4 Å². The van der Waals surface area contributed by atoms with Crippen LogP contribution in [0.25, 0.3) is 5.65 Å². The van der Waals surface area contributed by atoms with Crippen LogP contribution in [0.4, 0.5) is 0 Å². The lowest BCUT2D eigenvalue weighted by molar-refractivity contribution is -0.132. The van der Waals surface area contributed by atoms with Gasteiger partial charge in [-0.3, -0.25) is 14.0 Å². The van der Waals surface area contributed by atoms with E-state index in [9.17, 15) is 9.59 Å². The maximum atomic E-state index is 13.1. The Bertz CT molecular complexity index is 1040. The molecule has 0 aromatic carbocycles. The van der Waals surface area contributed by atoms with Crippen molar-refractivity contribution in [1.29, 1.82) is 0 Å². The smallest absolute Gasteiger partial charge is 0.268 e. The standard InChI is InChI=1S/C26H37N5O2/c1-26(2)19-9-8-18(21(26)11-19)14-28-25(33)22-6-3-7-23-29-20(16-31(22)23)12-24(32)30-10-4-5-17(13-27)15-30/h3,6-7,16-19,21H,4-5,8-15,27H2,1-2H3,(H,28,33)/t17?,18-,19+,21+/m0/s1. The summed E-state index contributed by atoms with van der Waals surface area (Å²) in [6.07, 6.45) is 7.98. The molecular formula is C26H37N5O2. The molecule has 2 aromatic rings. The van der Waals surface area contributed by atoms with Gasteiger partial charge in [-0.1, -0.05) is 19.9 Å². The van der Waals surface area contributed by atoms with E-state index in [2.05, 4.69) is 24.1 Å². The van der Waals surface area contributed by atoms with Crippen molar-refractivity contribution in [2.75, 3.05) is 26.2 Å². The van der Waals surface area contributed by atoms with E-state index >= 15 is 0 Å². The van der Waals surface area contributed by atoms with Gasteiger partial charge in [0.2, 0.25) is 5.91 Å². The third kappa shape index (κ3) is 4.16. The molecule has 33 heavy (non-hydrogen) atoms.